The zero-order valence-electron chi connectivity index (χ0n) is 17.6. The summed E-state index contributed by atoms with van der Waals surface area (Å²) in [5, 5.41) is 6.07. The highest BCUT2D eigenvalue weighted by molar-refractivity contribution is 6.08. The molecule has 6 nitrogen and oxygen atoms in total. The van der Waals surface area contributed by atoms with E-state index in [0.29, 0.717) is 22.3 Å². The zero-order valence-corrected chi connectivity index (χ0v) is 17.6. The Labute approximate surface area is 184 Å². The molecular formula is C25H21FN2O4. The van der Waals surface area contributed by atoms with Crippen LogP contribution in [-0.4, -0.2) is 18.9 Å². The van der Waals surface area contributed by atoms with Gasteiger partial charge in [0, 0.05) is 11.4 Å². The maximum atomic E-state index is 13.1. The molecule has 3 aromatic carbocycles. The van der Waals surface area contributed by atoms with E-state index in [2.05, 4.69) is 10.6 Å². The molecule has 32 heavy (non-hydrogen) atoms. The standard InChI is InChI=1S/C25H21FN2O4/c1-15-5-3-4-6-16(15)13-22(29)27-19-11-12-21-20(14-19)23(31-2)24(32-21)25(30)28-18-9-7-17(26)8-10-18/h3-12,14H,13H2,1-2H3,(H,27,29)(H,28,30). The van der Waals surface area contributed by atoms with Gasteiger partial charge in [0.05, 0.1) is 18.9 Å². The second-order valence-corrected chi connectivity index (χ2v) is 7.29. The van der Waals surface area contributed by atoms with E-state index >= 15 is 0 Å². The van der Waals surface area contributed by atoms with Crippen LogP contribution in [0.5, 0.6) is 5.75 Å². The number of aryl methyl sites for hydroxylation is 1. The molecular weight excluding hydrogens is 411 g/mol. The number of furan rings is 1. The number of hydrogen-bond donors (Lipinski definition) is 2. The van der Waals surface area contributed by atoms with Gasteiger partial charge in [-0.25, -0.2) is 4.39 Å². The number of carbonyl (C=O) groups excluding carboxylic acids is 2. The van der Waals surface area contributed by atoms with Gasteiger partial charge in [-0.05, 0) is 60.5 Å². The van der Waals surface area contributed by atoms with Crippen LogP contribution < -0.4 is 15.4 Å². The molecule has 0 unspecified atom stereocenters. The predicted octanol–water partition coefficient (Wildman–Crippen LogP) is 5.32. The number of halogens is 1. The van der Waals surface area contributed by atoms with Gasteiger partial charge in [-0.3, -0.25) is 9.59 Å². The van der Waals surface area contributed by atoms with Gasteiger partial charge < -0.3 is 19.8 Å². The fourth-order valence-corrected chi connectivity index (χ4v) is 3.41. The Kier molecular flexibility index (Phi) is 5.89. The SMILES string of the molecule is COc1c(C(=O)Nc2ccc(F)cc2)oc2ccc(NC(=O)Cc3ccccc3C)cc12. The molecule has 0 radical (unpaired) electrons. The zero-order chi connectivity index (χ0) is 22.7. The number of rotatable bonds is 6. The minimum absolute atomic E-state index is 0.0183. The number of nitrogens with one attached hydrogen (secondary N) is 2. The molecule has 0 saturated carbocycles. The van der Waals surface area contributed by atoms with Gasteiger partial charge in [0.2, 0.25) is 11.7 Å². The topological polar surface area (TPSA) is 80.6 Å². The largest absolute Gasteiger partial charge is 0.492 e. The maximum Gasteiger partial charge on any atom is 0.295 e. The predicted molar refractivity (Wildman–Crippen MR) is 121 cm³/mol. The lowest BCUT2D eigenvalue weighted by Crippen LogP contribution is -2.14. The highest BCUT2D eigenvalue weighted by Gasteiger charge is 2.22. The molecule has 4 aromatic rings. The minimum Gasteiger partial charge on any atom is -0.492 e. The van der Waals surface area contributed by atoms with Crippen molar-refractivity contribution in [2.45, 2.75) is 13.3 Å². The van der Waals surface area contributed by atoms with Crippen molar-refractivity contribution in [1.82, 2.24) is 0 Å². The lowest BCUT2D eigenvalue weighted by atomic mass is 10.1. The average Bonchev–Trinajstić information content (AvgIpc) is 3.15. The van der Waals surface area contributed by atoms with Crippen LogP contribution in [0.1, 0.15) is 21.7 Å². The van der Waals surface area contributed by atoms with E-state index < -0.39 is 11.7 Å². The average molecular weight is 432 g/mol. The number of carbonyl (C=O) groups is 2. The second kappa shape index (κ2) is 8.93. The van der Waals surface area contributed by atoms with Crippen molar-refractivity contribution in [3.8, 4) is 5.75 Å². The first-order chi connectivity index (χ1) is 15.4. The second-order valence-electron chi connectivity index (χ2n) is 7.29. The highest BCUT2D eigenvalue weighted by atomic mass is 19.1. The fraction of sp³-hybridized carbons (Fsp3) is 0.120. The molecule has 1 heterocycles. The van der Waals surface area contributed by atoms with Crippen LogP contribution in [0.25, 0.3) is 11.0 Å². The van der Waals surface area contributed by atoms with Crippen molar-refractivity contribution >= 4 is 34.2 Å². The van der Waals surface area contributed by atoms with Gasteiger partial charge in [-0.2, -0.15) is 0 Å². The van der Waals surface area contributed by atoms with Gasteiger partial charge in [-0.15, -0.1) is 0 Å². The summed E-state index contributed by atoms with van der Waals surface area (Å²) in [6, 6.07) is 18.2. The van der Waals surface area contributed by atoms with Crippen molar-refractivity contribution in [2.75, 3.05) is 17.7 Å². The van der Waals surface area contributed by atoms with Crippen LogP contribution in [0.2, 0.25) is 0 Å². The van der Waals surface area contributed by atoms with Crippen LogP contribution in [-0.2, 0) is 11.2 Å². The minimum atomic E-state index is -0.533. The number of hydrogen-bond acceptors (Lipinski definition) is 4. The molecule has 0 aliphatic rings. The summed E-state index contributed by atoms with van der Waals surface area (Å²) in [5.41, 5.74) is 3.41. The highest BCUT2D eigenvalue weighted by Crippen LogP contribution is 2.35. The smallest absolute Gasteiger partial charge is 0.295 e. The Morgan fingerprint density at radius 1 is 0.969 bits per heavy atom. The molecule has 2 amide bonds. The summed E-state index contributed by atoms with van der Waals surface area (Å²) in [6.45, 7) is 1.96. The van der Waals surface area contributed by atoms with E-state index in [4.69, 9.17) is 9.15 Å². The normalized spacial score (nSPS) is 10.7. The lowest BCUT2D eigenvalue weighted by Gasteiger charge is -2.08. The number of anilines is 2. The van der Waals surface area contributed by atoms with Crippen LogP contribution in [0.15, 0.2) is 71.1 Å². The van der Waals surface area contributed by atoms with Crippen LogP contribution in [0.3, 0.4) is 0 Å². The van der Waals surface area contributed by atoms with Crippen molar-refractivity contribution in [1.29, 1.82) is 0 Å². The molecule has 0 spiro atoms. The first-order valence-electron chi connectivity index (χ1n) is 9.96. The molecule has 162 valence electrons. The maximum absolute atomic E-state index is 13.1. The molecule has 1 aromatic heterocycles. The van der Waals surface area contributed by atoms with Gasteiger partial charge in [0.1, 0.15) is 11.4 Å². The third-order valence-electron chi connectivity index (χ3n) is 5.05. The van der Waals surface area contributed by atoms with Gasteiger partial charge in [-0.1, -0.05) is 24.3 Å². The summed E-state index contributed by atoms with van der Waals surface area (Å²) in [6.07, 6.45) is 0.249. The summed E-state index contributed by atoms with van der Waals surface area (Å²) in [4.78, 5) is 25.2. The van der Waals surface area contributed by atoms with Gasteiger partial charge in [0.25, 0.3) is 5.91 Å². The van der Waals surface area contributed by atoms with Crippen LogP contribution in [0.4, 0.5) is 15.8 Å². The van der Waals surface area contributed by atoms with Gasteiger partial charge >= 0.3 is 0 Å². The quantitative estimate of drug-likeness (QED) is 0.432. The molecule has 0 atom stereocenters. The third kappa shape index (κ3) is 4.46. The van der Waals surface area contributed by atoms with Crippen LogP contribution in [0, 0.1) is 12.7 Å². The first-order valence-corrected chi connectivity index (χ1v) is 9.96. The van der Waals surface area contributed by atoms with Crippen molar-refractivity contribution < 1.29 is 23.1 Å². The number of ether oxygens (including phenoxy) is 1. The lowest BCUT2D eigenvalue weighted by molar-refractivity contribution is -0.115. The monoisotopic (exact) mass is 432 g/mol. The Morgan fingerprint density at radius 3 is 2.41 bits per heavy atom. The van der Waals surface area contributed by atoms with E-state index in [1.54, 1.807) is 18.2 Å². The van der Waals surface area contributed by atoms with Crippen molar-refractivity contribution in [3.05, 3.63) is 89.4 Å². The van der Waals surface area contributed by atoms with E-state index in [1.807, 2.05) is 31.2 Å². The molecule has 0 aliphatic carbocycles. The van der Waals surface area contributed by atoms with E-state index in [1.165, 1.54) is 31.4 Å². The molecule has 2 N–H and O–H groups in total. The summed E-state index contributed by atoms with van der Waals surface area (Å²) in [7, 11) is 1.43. The Balaban J connectivity index is 1.56. The molecule has 0 bridgehead atoms. The summed E-state index contributed by atoms with van der Waals surface area (Å²) >= 11 is 0. The number of methoxy groups -OCH3 is 1. The van der Waals surface area contributed by atoms with Crippen molar-refractivity contribution in [3.63, 3.8) is 0 Å². The van der Waals surface area contributed by atoms with E-state index in [-0.39, 0.29) is 23.8 Å². The molecule has 7 heteroatoms. The summed E-state index contributed by atoms with van der Waals surface area (Å²) < 4.78 is 24.2. The molecule has 0 aliphatic heterocycles. The molecule has 0 fully saturated rings. The van der Waals surface area contributed by atoms with E-state index in [9.17, 15) is 14.0 Å². The van der Waals surface area contributed by atoms with Crippen LogP contribution >= 0.6 is 0 Å². The van der Waals surface area contributed by atoms with E-state index in [0.717, 1.165) is 11.1 Å². The summed E-state index contributed by atoms with van der Waals surface area (Å²) in [5.74, 6) is -0.865. The molecule has 0 saturated heterocycles. The number of fused-ring (bicyclic) bond motifs is 1. The Morgan fingerprint density at radius 2 is 1.69 bits per heavy atom. The number of amides is 2. The Hall–Kier alpha value is -4.13. The molecule has 4 rings (SSSR count). The first kappa shape index (κ1) is 21.1. The Bertz CT molecular complexity index is 1300. The fourth-order valence-electron chi connectivity index (χ4n) is 3.41. The van der Waals surface area contributed by atoms with Crippen molar-refractivity contribution in [2.24, 2.45) is 0 Å². The number of benzene rings is 3. The third-order valence-corrected chi connectivity index (χ3v) is 5.05. The van der Waals surface area contributed by atoms with Gasteiger partial charge in [0.15, 0.2) is 5.75 Å².